The van der Waals surface area contributed by atoms with Crippen LogP contribution in [-0.4, -0.2) is 26.7 Å². The van der Waals surface area contributed by atoms with Crippen molar-refractivity contribution in [2.45, 2.75) is 18.6 Å². The predicted octanol–water partition coefficient (Wildman–Crippen LogP) is 0.879. The summed E-state index contributed by atoms with van der Waals surface area (Å²) in [6.07, 6.45) is 1.28. The van der Waals surface area contributed by atoms with Crippen LogP contribution in [0, 0.1) is 0 Å². The Bertz CT molecular complexity index is 389. The summed E-state index contributed by atoms with van der Waals surface area (Å²) < 4.78 is 25.7. The van der Waals surface area contributed by atoms with Gasteiger partial charge in [-0.2, -0.15) is 0 Å². The highest BCUT2D eigenvalue weighted by Crippen LogP contribution is 2.03. The van der Waals surface area contributed by atoms with Crippen molar-refractivity contribution in [3.63, 3.8) is 0 Å². The Morgan fingerprint density at radius 2 is 1.81 bits per heavy atom. The molecule has 0 atom stereocenters. The van der Waals surface area contributed by atoms with Crippen molar-refractivity contribution < 1.29 is 13.5 Å². The number of aliphatic hydroxyl groups excluding tert-OH is 1. The van der Waals surface area contributed by atoms with E-state index in [0.29, 0.717) is 19.4 Å². The number of benzene rings is 1. The van der Waals surface area contributed by atoms with Gasteiger partial charge in [0.25, 0.3) is 0 Å². The molecule has 0 aliphatic carbocycles. The fourth-order valence-electron chi connectivity index (χ4n) is 1.31. The molecular weight excluding hydrogens is 226 g/mol. The Kier molecular flexibility index (Phi) is 5.45. The molecule has 0 saturated heterocycles. The molecule has 90 valence electrons. The van der Waals surface area contributed by atoms with Crippen molar-refractivity contribution in [3.8, 4) is 0 Å². The molecule has 0 aromatic heterocycles. The van der Waals surface area contributed by atoms with Gasteiger partial charge in [-0.1, -0.05) is 30.3 Å². The first-order valence-corrected chi connectivity index (χ1v) is 6.91. The third-order valence-electron chi connectivity index (χ3n) is 2.11. The van der Waals surface area contributed by atoms with Crippen molar-refractivity contribution in [1.82, 2.24) is 4.72 Å². The van der Waals surface area contributed by atoms with Crippen molar-refractivity contribution in [1.29, 1.82) is 0 Å². The zero-order valence-corrected chi connectivity index (χ0v) is 9.91. The summed E-state index contributed by atoms with van der Waals surface area (Å²) >= 11 is 0. The van der Waals surface area contributed by atoms with Crippen LogP contribution < -0.4 is 4.72 Å². The van der Waals surface area contributed by atoms with Crippen LogP contribution in [0.25, 0.3) is 0 Å². The van der Waals surface area contributed by atoms with Crippen LogP contribution in [0.4, 0.5) is 0 Å². The summed E-state index contributed by atoms with van der Waals surface area (Å²) in [4.78, 5) is 0. The monoisotopic (exact) mass is 243 g/mol. The third kappa shape index (κ3) is 5.25. The van der Waals surface area contributed by atoms with Crippen LogP contribution in [0.3, 0.4) is 0 Å². The van der Waals surface area contributed by atoms with Gasteiger partial charge < -0.3 is 5.11 Å². The predicted molar refractivity (Wildman–Crippen MR) is 63.4 cm³/mol. The van der Waals surface area contributed by atoms with Gasteiger partial charge in [0.15, 0.2) is 0 Å². The van der Waals surface area contributed by atoms with E-state index in [4.69, 9.17) is 5.11 Å². The summed E-state index contributed by atoms with van der Waals surface area (Å²) in [5.74, 6) is 0.00691. The lowest BCUT2D eigenvalue weighted by atomic mass is 10.2. The minimum absolute atomic E-state index is 0.00691. The molecule has 4 nitrogen and oxygen atoms in total. The minimum atomic E-state index is -3.25. The Morgan fingerprint density at radius 3 is 2.44 bits per heavy atom. The molecule has 0 unspecified atom stereocenters. The smallest absolute Gasteiger partial charge is 0.215 e. The van der Waals surface area contributed by atoms with Crippen LogP contribution in [0.2, 0.25) is 0 Å². The van der Waals surface area contributed by atoms with Crippen molar-refractivity contribution in [3.05, 3.63) is 35.9 Å². The lowest BCUT2D eigenvalue weighted by Crippen LogP contribution is -2.26. The van der Waals surface area contributed by atoms with E-state index in [2.05, 4.69) is 4.72 Å². The Labute approximate surface area is 96.4 Å². The molecule has 1 rings (SSSR count). The zero-order valence-electron chi connectivity index (χ0n) is 9.09. The second-order valence-electron chi connectivity index (χ2n) is 3.57. The molecule has 0 fully saturated rings. The molecule has 0 bridgehead atoms. The second kappa shape index (κ2) is 6.62. The van der Waals surface area contributed by atoms with Crippen LogP contribution in [0.1, 0.15) is 18.4 Å². The van der Waals surface area contributed by atoms with Crippen molar-refractivity contribution in [2.24, 2.45) is 0 Å². The van der Waals surface area contributed by atoms with Gasteiger partial charge in [-0.05, 0) is 18.4 Å². The van der Waals surface area contributed by atoms with E-state index in [1.54, 1.807) is 12.1 Å². The Morgan fingerprint density at radius 1 is 1.12 bits per heavy atom. The van der Waals surface area contributed by atoms with Gasteiger partial charge in [-0.25, -0.2) is 13.1 Å². The third-order valence-corrected chi connectivity index (χ3v) is 3.46. The highest BCUT2D eigenvalue weighted by atomic mass is 32.2. The summed E-state index contributed by atoms with van der Waals surface area (Å²) in [5.41, 5.74) is 0.775. The van der Waals surface area contributed by atoms with Crippen LogP contribution in [0.5, 0.6) is 0 Å². The summed E-state index contributed by atoms with van der Waals surface area (Å²) in [6.45, 7) is 0.482. The normalized spacial score (nSPS) is 11.6. The molecule has 0 spiro atoms. The van der Waals surface area contributed by atoms with Crippen molar-refractivity contribution in [2.75, 3.05) is 13.2 Å². The lowest BCUT2D eigenvalue weighted by molar-refractivity contribution is 0.285. The van der Waals surface area contributed by atoms with Crippen LogP contribution >= 0.6 is 0 Å². The summed E-state index contributed by atoms with van der Waals surface area (Å²) in [7, 11) is -3.25. The van der Waals surface area contributed by atoms with E-state index < -0.39 is 10.0 Å². The molecule has 0 radical (unpaired) electrons. The largest absolute Gasteiger partial charge is 0.396 e. The molecule has 0 saturated carbocycles. The topological polar surface area (TPSA) is 66.4 Å². The molecule has 0 heterocycles. The van der Waals surface area contributed by atoms with Crippen molar-refractivity contribution >= 4 is 10.0 Å². The SMILES string of the molecule is O=S(=O)(Cc1ccccc1)NCCCCO. The van der Waals surface area contributed by atoms with E-state index in [-0.39, 0.29) is 12.4 Å². The van der Waals surface area contributed by atoms with Gasteiger partial charge in [0, 0.05) is 13.2 Å². The average molecular weight is 243 g/mol. The first-order valence-electron chi connectivity index (χ1n) is 5.26. The van der Waals surface area contributed by atoms with Gasteiger partial charge in [0.1, 0.15) is 0 Å². The second-order valence-corrected chi connectivity index (χ2v) is 5.38. The number of rotatable bonds is 7. The van der Waals surface area contributed by atoms with Gasteiger partial charge in [-0.15, -0.1) is 0 Å². The van der Waals surface area contributed by atoms with E-state index in [0.717, 1.165) is 5.56 Å². The molecule has 0 aliphatic rings. The number of hydrogen-bond donors (Lipinski definition) is 2. The summed E-state index contributed by atoms with van der Waals surface area (Å²) in [5, 5.41) is 8.55. The first-order chi connectivity index (χ1) is 7.64. The molecular formula is C11H17NO3S. The van der Waals surface area contributed by atoms with Crippen LogP contribution in [0.15, 0.2) is 30.3 Å². The van der Waals surface area contributed by atoms with E-state index in [1.165, 1.54) is 0 Å². The molecule has 16 heavy (non-hydrogen) atoms. The molecule has 0 aliphatic heterocycles. The molecule has 0 amide bonds. The average Bonchev–Trinajstić information content (AvgIpc) is 2.25. The quantitative estimate of drug-likeness (QED) is 0.699. The number of unbranched alkanes of at least 4 members (excludes halogenated alkanes) is 1. The highest BCUT2D eigenvalue weighted by Gasteiger charge is 2.09. The van der Waals surface area contributed by atoms with E-state index in [1.807, 2.05) is 18.2 Å². The van der Waals surface area contributed by atoms with Gasteiger partial charge in [0.2, 0.25) is 10.0 Å². The van der Waals surface area contributed by atoms with Gasteiger partial charge in [0.05, 0.1) is 5.75 Å². The van der Waals surface area contributed by atoms with Crippen LogP contribution in [-0.2, 0) is 15.8 Å². The molecule has 2 N–H and O–H groups in total. The first kappa shape index (κ1) is 13.2. The van der Waals surface area contributed by atoms with Gasteiger partial charge in [-0.3, -0.25) is 0 Å². The number of hydrogen-bond acceptors (Lipinski definition) is 3. The summed E-state index contributed by atoms with van der Waals surface area (Å²) in [6, 6.07) is 9.05. The molecule has 5 heteroatoms. The maximum absolute atomic E-state index is 11.6. The zero-order chi connectivity index (χ0) is 11.9. The standard InChI is InChI=1S/C11H17NO3S/c13-9-5-4-8-12-16(14,15)10-11-6-2-1-3-7-11/h1-3,6-7,12-13H,4-5,8-10H2. The number of nitrogens with one attached hydrogen (secondary N) is 1. The molecule has 1 aromatic rings. The Balaban J connectivity index is 2.40. The maximum Gasteiger partial charge on any atom is 0.215 e. The molecule has 1 aromatic carbocycles. The fourth-order valence-corrected chi connectivity index (χ4v) is 2.50. The van der Waals surface area contributed by atoms with Gasteiger partial charge >= 0.3 is 0 Å². The fraction of sp³-hybridized carbons (Fsp3) is 0.455. The van der Waals surface area contributed by atoms with E-state index in [9.17, 15) is 8.42 Å². The highest BCUT2D eigenvalue weighted by molar-refractivity contribution is 7.88. The Hall–Kier alpha value is -0.910. The van der Waals surface area contributed by atoms with E-state index >= 15 is 0 Å². The minimum Gasteiger partial charge on any atom is -0.396 e. The maximum atomic E-state index is 11.6. The number of sulfonamides is 1. The number of aliphatic hydroxyl groups is 1. The lowest BCUT2D eigenvalue weighted by Gasteiger charge is -2.06.